The minimum absolute atomic E-state index is 0.202. The SMILES string of the molecule is CCCCCCCCC/C=C/C(O)C(COC1OC(CO)C(OC2OC(CO)C(O)C(OC3(C(=O)O)CC(O)C(NC(C)=O)C(C(O)C(O)CO)O3)C2O)C(O)C1O)NC(=O)CCCCCCCCCCCCC. The lowest BCUT2D eigenvalue weighted by Gasteiger charge is -2.50. The van der Waals surface area contributed by atoms with E-state index in [2.05, 4.69) is 24.5 Å². The van der Waals surface area contributed by atoms with E-state index in [4.69, 9.17) is 28.4 Å². The zero-order valence-electron chi connectivity index (χ0n) is 43.7. The van der Waals surface area contributed by atoms with E-state index in [0.717, 1.165) is 64.7 Å². The minimum atomic E-state index is -3.08. The molecule has 0 aromatic carbocycles. The number of aliphatic hydroxyl groups excluding tert-OH is 11. The summed E-state index contributed by atoms with van der Waals surface area (Å²) in [4.78, 5) is 38.2. The molecule has 432 valence electrons. The molecule has 18 unspecified atom stereocenters. The maximum atomic E-state index is 13.2. The van der Waals surface area contributed by atoms with Crippen molar-refractivity contribution < 1.29 is 104 Å². The summed E-state index contributed by atoms with van der Waals surface area (Å²) in [5.41, 5.74) is 0. The summed E-state index contributed by atoms with van der Waals surface area (Å²) < 4.78 is 34.5. The predicted octanol–water partition coefficient (Wildman–Crippen LogP) is 0.0446. The van der Waals surface area contributed by atoms with Crippen molar-refractivity contribution in [2.45, 2.75) is 265 Å². The van der Waals surface area contributed by atoms with Gasteiger partial charge in [0.25, 0.3) is 5.79 Å². The Kier molecular flexibility index (Phi) is 31.2. The van der Waals surface area contributed by atoms with Crippen LogP contribution in [0.5, 0.6) is 0 Å². The molecule has 23 heteroatoms. The van der Waals surface area contributed by atoms with Gasteiger partial charge in [-0.2, -0.15) is 0 Å². The molecule has 2 amide bonds. The highest BCUT2D eigenvalue weighted by Gasteiger charge is 2.60. The van der Waals surface area contributed by atoms with Crippen LogP contribution in [-0.2, 0) is 42.8 Å². The number of amides is 2. The van der Waals surface area contributed by atoms with E-state index >= 15 is 0 Å². The summed E-state index contributed by atoms with van der Waals surface area (Å²) in [6.07, 6.45) is -5.22. The lowest BCUT2D eigenvalue weighted by atomic mass is 9.88. The zero-order valence-corrected chi connectivity index (χ0v) is 43.7. The van der Waals surface area contributed by atoms with Gasteiger partial charge in [0.2, 0.25) is 11.8 Å². The van der Waals surface area contributed by atoms with Crippen molar-refractivity contribution in [3.63, 3.8) is 0 Å². The molecule has 14 N–H and O–H groups in total. The van der Waals surface area contributed by atoms with Crippen LogP contribution in [-0.4, -0.2) is 215 Å². The van der Waals surface area contributed by atoms with Crippen LogP contribution in [0, 0.1) is 0 Å². The number of carboxylic acid groups (broad SMARTS) is 1. The lowest BCUT2D eigenvalue weighted by molar-refractivity contribution is -0.386. The van der Waals surface area contributed by atoms with E-state index in [1.165, 1.54) is 51.4 Å². The minimum Gasteiger partial charge on any atom is -0.477 e. The molecule has 3 saturated heterocycles. The summed E-state index contributed by atoms with van der Waals surface area (Å²) >= 11 is 0. The molecule has 23 nitrogen and oxygen atoms in total. The van der Waals surface area contributed by atoms with Gasteiger partial charge in [-0.3, -0.25) is 9.59 Å². The van der Waals surface area contributed by atoms with Crippen LogP contribution < -0.4 is 10.6 Å². The molecule has 0 bridgehead atoms. The first-order chi connectivity index (χ1) is 35.4. The predicted molar refractivity (Wildman–Crippen MR) is 265 cm³/mol. The maximum Gasteiger partial charge on any atom is 0.364 e. The number of aliphatic carboxylic acids is 1. The zero-order chi connectivity index (χ0) is 54.8. The molecule has 74 heavy (non-hydrogen) atoms. The largest absolute Gasteiger partial charge is 0.477 e. The maximum absolute atomic E-state index is 13.2. The third-order valence-electron chi connectivity index (χ3n) is 14.0. The number of nitrogens with one attached hydrogen (secondary N) is 2. The van der Waals surface area contributed by atoms with E-state index in [0.29, 0.717) is 12.8 Å². The van der Waals surface area contributed by atoms with Crippen molar-refractivity contribution in [2.24, 2.45) is 0 Å². The highest BCUT2D eigenvalue weighted by Crippen LogP contribution is 2.38. The van der Waals surface area contributed by atoms with Gasteiger partial charge in [0.15, 0.2) is 12.6 Å². The Hall–Kier alpha value is -2.53. The fourth-order valence-corrected chi connectivity index (χ4v) is 9.53. The van der Waals surface area contributed by atoms with Crippen LogP contribution in [0.4, 0.5) is 0 Å². The van der Waals surface area contributed by atoms with Gasteiger partial charge in [0.05, 0.1) is 50.7 Å². The van der Waals surface area contributed by atoms with Crippen LogP contribution in [0.2, 0.25) is 0 Å². The Morgan fingerprint density at radius 3 is 1.80 bits per heavy atom. The first kappa shape index (κ1) is 65.8. The van der Waals surface area contributed by atoms with Gasteiger partial charge >= 0.3 is 5.97 Å². The Morgan fingerprint density at radius 2 is 1.26 bits per heavy atom. The molecule has 18 atom stereocenters. The molecule has 3 aliphatic rings. The molecular formula is C51H92N2O21. The molecule has 0 aliphatic carbocycles. The fourth-order valence-electron chi connectivity index (χ4n) is 9.53. The number of rotatable bonds is 37. The van der Waals surface area contributed by atoms with Crippen LogP contribution in [0.15, 0.2) is 12.2 Å². The number of hydrogen-bond acceptors (Lipinski definition) is 20. The standard InChI is InChI=1S/C51H92N2O21/c1-4-6-8-10-12-14-15-17-19-21-23-25-38(61)53-32(33(58)24-22-20-18-16-13-11-9-7-5-2)30-69-48-43(65)42(64)45(37(29-56)71-48)72-49-44(66)47(41(63)36(28-55)70-49)74-51(50(67)68)26-34(59)39(52-31(3)57)46(73-51)40(62)35(60)27-54/h22,24,32-37,39-49,54-56,58-60,62-66H,4-21,23,25-30H2,1-3H3,(H,52,57)(H,53,61)(H,67,68)/b24-22+. The molecule has 0 spiro atoms. The van der Waals surface area contributed by atoms with E-state index in [-0.39, 0.29) is 12.3 Å². The fraction of sp³-hybridized carbons (Fsp3) is 0.902. The second-order valence-corrected chi connectivity index (χ2v) is 20.1. The number of allylic oxidation sites excluding steroid dienone is 1. The molecule has 3 fully saturated rings. The Labute approximate surface area is 435 Å². The molecule has 0 radical (unpaired) electrons. The number of carbonyl (C=O) groups excluding carboxylic acids is 2. The van der Waals surface area contributed by atoms with E-state index in [9.17, 15) is 75.7 Å². The highest BCUT2D eigenvalue weighted by molar-refractivity contribution is 5.77. The summed E-state index contributed by atoms with van der Waals surface area (Å²) in [7, 11) is 0. The van der Waals surface area contributed by atoms with Gasteiger partial charge in [-0.1, -0.05) is 129 Å². The van der Waals surface area contributed by atoms with Crippen LogP contribution >= 0.6 is 0 Å². The Morgan fingerprint density at radius 1 is 0.703 bits per heavy atom. The normalized spacial score (nSPS) is 32.2. The van der Waals surface area contributed by atoms with E-state index in [1.54, 1.807) is 6.08 Å². The molecule has 0 saturated carbocycles. The van der Waals surface area contributed by atoms with E-state index in [1.807, 2.05) is 6.08 Å². The summed E-state index contributed by atoms with van der Waals surface area (Å²) in [6, 6.07) is -2.61. The van der Waals surface area contributed by atoms with Crippen molar-refractivity contribution in [1.29, 1.82) is 0 Å². The van der Waals surface area contributed by atoms with Gasteiger partial charge in [-0.15, -0.1) is 0 Å². The van der Waals surface area contributed by atoms with Gasteiger partial charge in [-0.05, 0) is 19.3 Å². The number of carbonyl (C=O) groups is 3. The number of hydrogen-bond donors (Lipinski definition) is 14. The van der Waals surface area contributed by atoms with Crippen LogP contribution in [0.25, 0.3) is 0 Å². The van der Waals surface area contributed by atoms with Gasteiger partial charge in [0.1, 0.15) is 67.1 Å². The summed E-state index contributed by atoms with van der Waals surface area (Å²) in [6.45, 7) is 2.01. The summed E-state index contributed by atoms with van der Waals surface area (Å²) in [5.74, 6) is -6.15. The Bertz CT molecular complexity index is 1600. The van der Waals surface area contributed by atoms with E-state index < -0.39 is 155 Å². The third-order valence-corrected chi connectivity index (χ3v) is 14.0. The topological polar surface area (TPSA) is 373 Å². The van der Waals surface area contributed by atoms with Gasteiger partial charge in [0, 0.05) is 19.8 Å². The van der Waals surface area contributed by atoms with Crippen molar-refractivity contribution in [1.82, 2.24) is 10.6 Å². The highest BCUT2D eigenvalue weighted by atomic mass is 16.8. The van der Waals surface area contributed by atoms with Crippen molar-refractivity contribution in [3.05, 3.63) is 12.2 Å². The molecule has 0 aromatic heterocycles. The van der Waals surface area contributed by atoms with Gasteiger partial charge < -0.3 is 100 Å². The lowest BCUT2D eigenvalue weighted by Crippen LogP contribution is -2.70. The Balaban J connectivity index is 1.73. The number of carboxylic acids is 1. The first-order valence-corrected chi connectivity index (χ1v) is 27.1. The quantitative estimate of drug-likeness (QED) is 0.0289. The smallest absolute Gasteiger partial charge is 0.364 e. The molecule has 0 aromatic rings. The average Bonchev–Trinajstić information content (AvgIpc) is 3.37. The second kappa shape index (κ2) is 35.1. The monoisotopic (exact) mass is 1070 g/mol. The number of ether oxygens (including phenoxy) is 6. The molecule has 3 rings (SSSR count). The third kappa shape index (κ3) is 20.7. The molecule has 3 aliphatic heterocycles. The van der Waals surface area contributed by atoms with Crippen molar-refractivity contribution >= 4 is 17.8 Å². The van der Waals surface area contributed by atoms with Crippen molar-refractivity contribution in [3.8, 4) is 0 Å². The number of unbranched alkanes of at least 4 members (excludes halogenated alkanes) is 17. The average molecular weight is 1070 g/mol. The molecular weight excluding hydrogens is 977 g/mol. The summed E-state index contributed by atoms with van der Waals surface area (Å²) in [5, 5.41) is 135. The molecule has 3 heterocycles. The van der Waals surface area contributed by atoms with Gasteiger partial charge in [-0.25, -0.2) is 4.79 Å². The first-order valence-electron chi connectivity index (χ1n) is 27.1. The van der Waals surface area contributed by atoms with Crippen LogP contribution in [0.1, 0.15) is 156 Å². The second-order valence-electron chi connectivity index (χ2n) is 20.1. The van der Waals surface area contributed by atoms with Crippen molar-refractivity contribution in [2.75, 3.05) is 26.4 Å². The number of aliphatic hydroxyl groups is 11. The van der Waals surface area contributed by atoms with Crippen LogP contribution in [0.3, 0.4) is 0 Å².